The number of ether oxygens (including phenoxy) is 1. The van der Waals surface area contributed by atoms with Crippen molar-refractivity contribution >= 4 is 44.0 Å². The number of hydrazone groups is 1. The molecule has 0 saturated heterocycles. The summed E-state index contributed by atoms with van der Waals surface area (Å²) in [6.07, 6.45) is 1.95. The van der Waals surface area contributed by atoms with Gasteiger partial charge in [0.2, 0.25) is 10.0 Å². The summed E-state index contributed by atoms with van der Waals surface area (Å²) in [6.45, 7) is 1.93. The number of para-hydroxylation sites is 2. The second kappa shape index (κ2) is 7.72. The van der Waals surface area contributed by atoms with Gasteiger partial charge in [0.1, 0.15) is 11.4 Å². The van der Waals surface area contributed by atoms with Crippen LogP contribution in [0.25, 0.3) is 0 Å². The van der Waals surface area contributed by atoms with Crippen LogP contribution in [0.1, 0.15) is 18.1 Å². The summed E-state index contributed by atoms with van der Waals surface area (Å²) < 4.78 is 31.0. The molecule has 2 heterocycles. The number of hydrogen-bond donors (Lipinski definition) is 1. The van der Waals surface area contributed by atoms with Gasteiger partial charge in [-0.05, 0) is 48.7 Å². The van der Waals surface area contributed by atoms with E-state index in [4.69, 9.17) is 4.74 Å². The Morgan fingerprint density at radius 3 is 2.76 bits per heavy atom. The Bertz CT molecular complexity index is 1110. The third kappa shape index (κ3) is 3.97. The van der Waals surface area contributed by atoms with Crippen LogP contribution in [0.2, 0.25) is 0 Å². The molecule has 1 atom stereocenters. The highest BCUT2D eigenvalue weighted by molar-refractivity contribution is 8.14. The summed E-state index contributed by atoms with van der Waals surface area (Å²) in [4.78, 5) is 4.58. The van der Waals surface area contributed by atoms with E-state index in [2.05, 4.69) is 15.5 Å². The molecule has 0 bridgehead atoms. The number of nitrogens with one attached hydrogen (secondary N) is 1. The number of nitrogens with zero attached hydrogens (tertiary/aromatic N) is 3. The maximum absolute atomic E-state index is 12.1. The zero-order valence-electron chi connectivity index (χ0n) is 16.4. The van der Waals surface area contributed by atoms with Gasteiger partial charge in [0.15, 0.2) is 5.17 Å². The van der Waals surface area contributed by atoms with Gasteiger partial charge in [-0.15, -0.1) is 0 Å². The predicted molar refractivity (Wildman–Crippen MR) is 119 cm³/mol. The minimum Gasteiger partial charge on any atom is -0.494 e. The fourth-order valence-corrected chi connectivity index (χ4v) is 5.68. The Labute approximate surface area is 174 Å². The van der Waals surface area contributed by atoms with Crippen molar-refractivity contribution < 1.29 is 13.2 Å². The summed E-state index contributed by atoms with van der Waals surface area (Å²) in [6, 6.07) is 13.3. The van der Waals surface area contributed by atoms with E-state index in [0.29, 0.717) is 23.1 Å². The highest BCUT2D eigenvalue weighted by Gasteiger charge is 2.32. The van der Waals surface area contributed by atoms with Gasteiger partial charge in [0.25, 0.3) is 0 Å². The minimum atomic E-state index is -3.29. The van der Waals surface area contributed by atoms with E-state index in [-0.39, 0.29) is 6.04 Å². The van der Waals surface area contributed by atoms with Crippen molar-refractivity contribution in [3.8, 4) is 5.75 Å². The summed E-state index contributed by atoms with van der Waals surface area (Å²) in [7, 11) is -1.66. The molecule has 0 aromatic heterocycles. The first kappa shape index (κ1) is 19.8. The first-order valence-electron chi connectivity index (χ1n) is 9.16. The molecule has 0 radical (unpaired) electrons. The van der Waals surface area contributed by atoms with Crippen LogP contribution >= 0.6 is 11.8 Å². The quantitative estimate of drug-likeness (QED) is 0.806. The van der Waals surface area contributed by atoms with Crippen LogP contribution in [0.15, 0.2) is 52.6 Å². The molecule has 2 aromatic rings. The number of amidine groups is 1. The number of thioether (sulfide) groups is 1. The third-order valence-corrected chi connectivity index (χ3v) is 7.01. The average molecular weight is 431 g/mol. The number of aliphatic imine (C=N–C) groups is 1. The van der Waals surface area contributed by atoms with Gasteiger partial charge < -0.3 is 4.74 Å². The molecular weight excluding hydrogens is 408 g/mol. The van der Waals surface area contributed by atoms with Crippen LogP contribution < -0.4 is 14.5 Å². The van der Waals surface area contributed by atoms with Crippen LogP contribution in [0.3, 0.4) is 0 Å². The fourth-order valence-electron chi connectivity index (χ4n) is 3.64. The highest BCUT2D eigenvalue weighted by atomic mass is 32.2. The lowest BCUT2D eigenvalue weighted by atomic mass is 10.0. The van der Waals surface area contributed by atoms with E-state index in [0.717, 1.165) is 28.2 Å². The van der Waals surface area contributed by atoms with Crippen LogP contribution in [-0.4, -0.2) is 44.5 Å². The highest BCUT2D eigenvalue weighted by Crippen LogP contribution is 2.35. The second-order valence-corrected chi connectivity index (χ2v) is 9.83. The van der Waals surface area contributed by atoms with E-state index >= 15 is 0 Å². The normalized spacial score (nSPS) is 20.2. The van der Waals surface area contributed by atoms with Crippen molar-refractivity contribution in [2.24, 2.45) is 10.1 Å². The first-order chi connectivity index (χ1) is 13.9. The van der Waals surface area contributed by atoms with Gasteiger partial charge in [-0.2, -0.15) is 5.10 Å². The van der Waals surface area contributed by atoms with E-state index in [9.17, 15) is 8.42 Å². The molecule has 9 heteroatoms. The lowest BCUT2D eigenvalue weighted by molar-refractivity contribution is 0.416. The number of sulfonamides is 1. The fraction of sp³-hybridized carbons (Fsp3) is 0.300. The third-order valence-electron chi connectivity index (χ3n) is 4.86. The zero-order chi connectivity index (χ0) is 20.6. The molecular formula is C20H22N4O3S2. The molecule has 1 unspecified atom stereocenters. The van der Waals surface area contributed by atoms with Crippen LogP contribution in [-0.2, 0) is 16.4 Å². The average Bonchev–Trinajstić information content (AvgIpc) is 3.04. The molecule has 0 aliphatic carbocycles. The van der Waals surface area contributed by atoms with Gasteiger partial charge >= 0.3 is 0 Å². The topological polar surface area (TPSA) is 83.4 Å². The van der Waals surface area contributed by atoms with E-state index in [1.807, 2.05) is 49.4 Å². The Kier molecular flexibility index (Phi) is 5.26. The SMILES string of the molecule is COc1ccccc1N=C1NN=C(c2ccc3c(c2)CC(C)N3S(C)(=O)=O)CS1. The lowest BCUT2D eigenvalue weighted by Crippen LogP contribution is -2.34. The van der Waals surface area contributed by atoms with Gasteiger partial charge in [-0.1, -0.05) is 30.0 Å². The standard InChI is InChI=1S/C20H22N4O3S2/c1-13-10-15-11-14(8-9-18(15)24(13)29(3,25)26)17-12-28-20(23-22-17)21-16-6-4-5-7-19(16)27-2/h4-9,11,13H,10,12H2,1-3H3,(H,21,23). The molecule has 2 aliphatic rings. The molecule has 2 aliphatic heterocycles. The van der Waals surface area contributed by atoms with E-state index < -0.39 is 10.0 Å². The smallest absolute Gasteiger partial charge is 0.232 e. The van der Waals surface area contributed by atoms with Crippen molar-refractivity contribution in [1.82, 2.24) is 5.43 Å². The van der Waals surface area contributed by atoms with Gasteiger partial charge in [-0.25, -0.2) is 13.4 Å². The molecule has 4 rings (SSSR count). The molecule has 152 valence electrons. The van der Waals surface area contributed by atoms with Crippen LogP contribution in [0.4, 0.5) is 11.4 Å². The predicted octanol–water partition coefficient (Wildman–Crippen LogP) is 3.13. The molecule has 2 aromatic carbocycles. The van der Waals surface area contributed by atoms with Gasteiger partial charge in [0.05, 0.1) is 24.8 Å². The Morgan fingerprint density at radius 2 is 2.07 bits per heavy atom. The molecule has 0 spiro atoms. The van der Waals surface area contributed by atoms with Crippen molar-refractivity contribution in [2.75, 3.05) is 23.4 Å². The Balaban J connectivity index is 1.56. The summed E-state index contributed by atoms with van der Waals surface area (Å²) in [5.41, 5.74) is 7.45. The zero-order valence-corrected chi connectivity index (χ0v) is 18.0. The van der Waals surface area contributed by atoms with Crippen molar-refractivity contribution in [3.05, 3.63) is 53.6 Å². The lowest BCUT2D eigenvalue weighted by Gasteiger charge is -2.22. The second-order valence-electron chi connectivity index (χ2n) is 7.00. The Morgan fingerprint density at radius 1 is 1.28 bits per heavy atom. The number of anilines is 1. The van der Waals surface area contributed by atoms with E-state index in [1.54, 1.807) is 18.9 Å². The van der Waals surface area contributed by atoms with E-state index in [1.165, 1.54) is 10.6 Å². The van der Waals surface area contributed by atoms with Gasteiger partial charge in [0, 0.05) is 11.8 Å². The molecule has 0 saturated carbocycles. The monoisotopic (exact) mass is 430 g/mol. The summed E-state index contributed by atoms with van der Waals surface area (Å²) in [5.74, 6) is 1.38. The van der Waals surface area contributed by atoms with Crippen LogP contribution in [0.5, 0.6) is 5.75 Å². The molecule has 1 N–H and O–H groups in total. The molecule has 29 heavy (non-hydrogen) atoms. The number of fused-ring (bicyclic) bond motifs is 1. The maximum Gasteiger partial charge on any atom is 0.232 e. The van der Waals surface area contributed by atoms with Crippen molar-refractivity contribution in [1.29, 1.82) is 0 Å². The van der Waals surface area contributed by atoms with Crippen LogP contribution in [0, 0.1) is 0 Å². The molecule has 0 fully saturated rings. The maximum atomic E-state index is 12.1. The summed E-state index contributed by atoms with van der Waals surface area (Å²) in [5, 5.41) is 5.19. The number of benzene rings is 2. The Hall–Kier alpha value is -2.52. The molecule has 7 nitrogen and oxygen atoms in total. The molecule has 0 amide bonds. The van der Waals surface area contributed by atoms with Gasteiger partial charge in [-0.3, -0.25) is 9.73 Å². The number of hydrogen-bond acceptors (Lipinski definition) is 6. The minimum absolute atomic E-state index is 0.0735. The first-order valence-corrected chi connectivity index (χ1v) is 12.0. The summed E-state index contributed by atoms with van der Waals surface area (Å²) >= 11 is 1.57. The largest absolute Gasteiger partial charge is 0.494 e. The number of methoxy groups -OCH3 is 1. The number of rotatable bonds is 4. The van der Waals surface area contributed by atoms with Crippen molar-refractivity contribution in [2.45, 2.75) is 19.4 Å². The van der Waals surface area contributed by atoms with Crippen molar-refractivity contribution in [3.63, 3.8) is 0 Å².